The third-order valence-electron chi connectivity index (χ3n) is 3.35. The summed E-state index contributed by atoms with van der Waals surface area (Å²) in [6.45, 7) is 4.30. The molecule has 1 aliphatic rings. The number of nitrogens with zero attached hydrogens (tertiary/aromatic N) is 2. The normalized spacial score (nSPS) is 22.0. The number of aryl methyl sites for hydroxylation is 1. The van der Waals surface area contributed by atoms with Crippen LogP contribution < -0.4 is 5.32 Å². The van der Waals surface area contributed by atoms with E-state index in [4.69, 9.17) is 0 Å². The zero-order valence-electron chi connectivity index (χ0n) is 10.2. The highest BCUT2D eigenvalue weighted by Gasteiger charge is 2.18. The molecule has 1 aliphatic heterocycles. The maximum absolute atomic E-state index is 4.36. The van der Waals surface area contributed by atoms with Gasteiger partial charge < -0.3 is 10.2 Å². The quantitative estimate of drug-likeness (QED) is 0.845. The van der Waals surface area contributed by atoms with E-state index in [-0.39, 0.29) is 0 Å². The highest BCUT2D eigenvalue weighted by molar-refractivity contribution is 5.35. The first-order valence-electron chi connectivity index (χ1n) is 6.12. The van der Waals surface area contributed by atoms with Gasteiger partial charge >= 0.3 is 0 Å². The summed E-state index contributed by atoms with van der Waals surface area (Å²) in [5, 5.41) is 3.42. The van der Waals surface area contributed by atoms with Crippen LogP contribution in [-0.2, 0) is 0 Å². The average molecular weight is 219 g/mol. The lowest BCUT2D eigenvalue weighted by Gasteiger charge is -2.32. The minimum atomic E-state index is 0.664. The Morgan fingerprint density at radius 1 is 1.44 bits per heavy atom. The Bertz CT molecular complexity index is 320. The van der Waals surface area contributed by atoms with Crippen molar-refractivity contribution in [1.82, 2.24) is 9.88 Å². The Labute approximate surface area is 97.9 Å². The van der Waals surface area contributed by atoms with E-state index in [1.54, 1.807) is 0 Å². The molecule has 1 atom stereocenters. The van der Waals surface area contributed by atoms with Crippen molar-refractivity contribution in [2.24, 2.45) is 0 Å². The van der Waals surface area contributed by atoms with E-state index in [1.165, 1.54) is 31.4 Å². The molecule has 1 unspecified atom stereocenters. The van der Waals surface area contributed by atoms with Crippen molar-refractivity contribution < 1.29 is 0 Å². The Morgan fingerprint density at radius 3 is 3.00 bits per heavy atom. The number of anilines is 1. The van der Waals surface area contributed by atoms with E-state index < -0.39 is 0 Å². The molecule has 3 nitrogen and oxygen atoms in total. The number of nitrogens with one attached hydrogen (secondary N) is 1. The second-order valence-electron chi connectivity index (χ2n) is 4.73. The molecule has 2 rings (SSSR count). The van der Waals surface area contributed by atoms with E-state index >= 15 is 0 Å². The summed E-state index contributed by atoms with van der Waals surface area (Å²) in [6, 6.07) is 4.81. The summed E-state index contributed by atoms with van der Waals surface area (Å²) in [6.07, 6.45) is 5.91. The van der Waals surface area contributed by atoms with Crippen LogP contribution in [0.5, 0.6) is 0 Å². The lowest BCUT2D eigenvalue weighted by Crippen LogP contribution is -2.40. The highest BCUT2D eigenvalue weighted by atomic mass is 15.2. The smallest absolute Gasteiger partial charge is 0.125 e. The maximum Gasteiger partial charge on any atom is 0.125 e. The fourth-order valence-electron chi connectivity index (χ4n) is 2.20. The predicted octanol–water partition coefficient (Wildman–Crippen LogP) is 2.29. The lowest BCUT2D eigenvalue weighted by atomic mass is 10.0. The van der Waals surface area contributed by atoms with E-state index in [0.29, 0.717) is 6.04 Å². The molecule has 1 saturated heterocycles. The summed E-state index contributed by atoms with van der Waals surface area (Å²) in [5.74, 6) is 0.990. The second kappa shape index (κ2) is 5.30. The second-order valence-corrected chi connectivity index (χ2v) is 4.73. The van der Waals surface area contributed by atoms with Gasteiger partial charge in [-0.05, 0) is 45.0 Å². The van der Waals surface area contributed by atoms with Crippen LogP contribution in [0, 0.1) is 6.92 Å². The molecular formula is C13H21N3. The molecule has 1 fully saturated rings. The van der Waals surface area contributed by atoms with Crippen molar-refractivity contribution in [3.8, 4) is 0 Å². The summed E-state index contributed by atoms with van der Waals surface area (Å²) in [4.78, 5) is 6.81. The number of rotatable bonds is 3. The fourth-order valence-corrected chi connectivity index (χ4v) is 2.20. The van der Waals surface area contributed by atoms with Crippen LogP contribution in [0.1, 0.15) is 24.8 Å². The largest absolute Gasteiger partial charge is 0.369 e. The zero-order valence-corrected chi connectivity index (χ0v) is 10.2. The van der Waals surface area contributed by atoms with Crippen molar-refractivity contribution in [3.05, 3.63) is 23.9 Å². The summed E-state index contributed by atoms with van der Waals surface area (Å²) in [5.41, 5.74) is 1.21. The van der Waals surface area contributed by atoms with Gasteiger partial charge in [0.25, 0.3) is 0 Å². The Hall–Kier alpha value is -1.09. The number of likely N-dealkylation sites (tertiary alicyclic amines) is 1. The maximum atomic E-state index is 4.36. The van der Waals surface area contributed by atoms with E-state index in [9.17, 15) is 0 Å². The van der Waals surface area contributed by atoms with Crippen LogP contribution >= 0.6 is 0 Å². The number of likely N-dealkylation sites (N-methyl/N-ethyl adjacent to an activating group) is 1. The van der Waals surface area contributed by atoms with Gasteiger partial charge in [0.05, 0.1) is 0 Å². The van der Waals surface area contributed by atoms with Gasteiger partial charge in [-0.1, -0.05) is 12.5 Å². The number of pyridine rings is 1. The van der Waals surface area contributed by atoms with Gasteiger partial charge in [-0.2, -0.15) is 0 Å². The third kappa shape index (κ3) is 2.95. The van der Waals surface area contributed by atoms with Crippen LogP contribution in [0.2, 0.25) is 0 Å². The molecule has 0 spiro atoms. The summed E-state index contributed by atoms with van der Waals surface area (Å²) in [7, 11) is 2.22. The van der Waals surface area contributed by atoms with E-state index in [1.807, 2.05) is 6.20 Å². The summed E-state index contributed by atoms with van der Waals surface area (Å²) >= 11 is 0. The number of piperidine rings is 1. The molecule has 3 heteroatoms. The molecule has 1 aromatic rings. The minimum Gasteiger partial charge on any atom is -0.369 e. The topological polar surface area (TPSA) is 28.2 Å². The van der Waals surface area contributed by atoms with Crippen LogP contribution in [0.3, 0.4) is 0 Å². The van der Waals surface area contributed by atoms with Crippen molar-refractivity contribution in [3.63, 3.8) is 0 Å². The van der Waals surface area contributed by atoms with Gasteiger partial charge in [-0.3, -0.25) is 0 Å². The Balaban J connectivity index is 1.84. The first-order valence-corrected chi connectivity index (χ1v) is 6.12. The molecule has 0 aliphatic carbocycles. The van der Waals surface area contributed by atoms with Gasteiger partial charge in [0.1, 0.15) is 5.82 Å². The van der Waals surface area contributed by atoms with Gasteiger partial charge in [-0.25, -0.2) is 4.98 Å². The SMILES string of the molecule is Cc1ccc(NCC2CCCCN2C)nc1. The summed E-state index contributed by atoms with van der Waals surface area (Å²) < 4.78 is 0. The van der Waals surface area contributed by atoms with Crippen LogP contribution in [0.15, 0.2) is 18.3 Å². The van der Waals surface area contributed by atoms with Crippen molar-refractivity contribution >= 4 is 5.82 Å². The zero-order chi connectivity index (χ0) is 11.4. The standard InChI is InChI=1S/C13H21N3/c1-11-6-7-13(14-9-11)15-10-12-5-3-4-8-16(12)2/h6-7,9,12H,3-5,8,10H2,1-2H3,(H,14,15). The molecule has 16 heavy (non-hydrogen) atoms. The highest BCUT2D eigenvalue weighted by Crippen LogP contribution is 2.15. The van der Waals surface area contributed by atoms with Crippen LogP contribution in [-0.4, -0.2) is 36.1 Å². The van der Waals surface area contributed by atoms with Crippen molar-refractivity contribution in [2.45, 2.75) is 32.2 Å². The molecular weight excluding hydrogens is 198 g/mol. The van der Waals surface area contributed by atoms with Crippen molar-refractivity contribution in [2.75, 3.05) is 25.5 Å². The van der Waals surface area contributed by atoms with Crippen LogP contribution in [0.25, 0.3) is 0 Å². The van der Waals surface area contributed by atoms with E-state index in [0.717, 1.165) is 12.4 Å². The molecule has 0 bridgehead atoms. The number of aromatic nitrogens is 1. The molecule has 1 N–H and O–H groups in total. The van der Waals surface area contributed by atoms with Gasteiger partial charge in [0.2, 0.25) is 0 Å². The van der Waals surface area contributed by atoms with Gasteiger partial charge in [0.15, 0.2) is 0 Å². The minimum absolute atomic E-state index is 0.664. The van der Waals surface area contributed by atoms with Gasteiger partial charge in [-0.15, -0.1) is 0 Å². The third-order valence-corrected chi connectivity index (χ3v) is 3.35. The first kappa shape index (κ1) is 11.4. The van der Waals surface area contributed by atoms with Crippen LogP contribution in [0.4, 0.5) is 5.82 Å². The molecule has 0 radical (unpaired) electrons. The number of hydrogen-bond acceptors (Lipinski definition) is 3. The molecule has 0 amide bonds. The Kier molecular flexibility index (Phi) is 3.78. The molecule has 88 valence electrons. The van der Waals surface area contributed by atoms with Gasteiger partial charge in [0, 0.05) is 18.8 Å². The molecule has 0 aromatic carbocycles. The van der Waals surface area contributed by atoms with Crippen molar-refractivity contribution in [1.29, 1.82) is 0 Å². The monoisotopic (exact) mass is 219 g/mol. The fraction of sp³-hybridized carbons (Fsp3) is 0.615. The Morgan fingerprint density at radius 2 is 2.31 bits per heavy atom. The lowest BCUT2D eigenvalue weighted by molar-refractivity contribution is 0.194. The molecule has 1 aromatic heterocycles. The average Bonchev–Trinajstić information content (AvgIpc) is 2.30. The first-order chi connectivity index (χ1) is 7.75. The number of hydrogen-bond donors (Lipinski definition) is 1. The molecule has 0 saturated carbocycles. The molecule has 2 heterocycles. The predicted molar refractivity (Wildman–Crippen MR) is 67.7 cm³/mol. The van der Waals surface area contributed by atoms with E-state index in [2.05, 4.69) is 41.3 Å².